The van der Waals surface area contributed by atoms with E-state index in [2.05, 4.69) is 51.3 Å². The second kappa shape index (κ2) is 8.70. The third-order valence-electron chi connectivity index (χ3n) is 3.93. The minimum absolute atomic E-state index is 0.107. The molecule has 158 valence electrons. The van der Waals surface area contributed by atoms with Gasteiger partial charge in [0, 0.05) is 19.7 Å². The molecular formula is C16H15N11O3S. The lowest BCUT2D eigenvalue weighted by Gasteiger charge is -2.06. The summed E-state index contributed by atoms with van der Waals surface area (Å²) < 4.78 is 7.82. The molecule has 3 aromatic heterocycles. The first kappa shape index (κ1) is 20.1. The van der Waals surface area contributed by atoms with E-state index >= 15 is 0 Å². The number of nitrogens with one attached hydrogen (secondary N) is 2. The summed E-state index contributed by atoms with van der Waals surface area (Å²) in [4.78, 5) is 23.6. The van der Waals surface area contributed by atoms with E-state index in [1.54, 1.807) is 35.9 Å². The van der Waals surface area contributed by atoms with Crippen LogP contribution in [0.5, 0.6) is 0 Å². The number of rotatable bonds is 7. The summed E-state index contributed by atoms with van der Waals surface area (Å²) in [6.45, 7) is 1.34. The van der Waals surface area contributed by atoms with Crippen molar-refractivity contribution in [3.63, 3.8) is 0 Å². The Hall–Kier alpha value is -4.14. The Kier molecular flexibility index (Phi) is 5.65. The fourth-order valence-corrected chi connectivity index (χ4v) is 3.25. The van der Waals surface area contributed by atoms with E-state index < -0.39 is 0 Å². The van der Waals surface area contributed by atoms with Crippen molar-refractivity contribution in [2.45, 2.75) is 12.1 Å². The first-order chi connectivity index (χ1) is 15.0. The van der Waals surface area contributed by atoms with Crippen molar-refractivity contribution in [2.75, 3.05) is 16.4 Å². The van der Waals surface area contributed by atoms with E-state index in [9.17, 15) is 9.59 Å². The van der Waals surface area contributed by atoms with Crippen LogP contribution in [0.25, 0.3) is 17.2 Å². The van der Waals surface area contributed by atoms with Gasteiger partial charge < -0.3 is 15.2 Å². The van der Waals surface area contributed by atoms with Gasteiger partial charge in [-0.05, 0) is 45.0 Å². The fraction of sp³-hybridized carbons (Fsp3) is 0.188. The summed E-state index contributed by atoms with van der Waals surface area (Å²) in [6.07, 6.45) is 1.48. The van der Waals surface area contributed by atoms with Crippen LogP contribution in [0.4, 0.5) is 11.5 Å². The van der Waals surface area contributed by atoms with Crippen LogP contribution in [0.2, 0.25) is 0 Å². The van der Waals surface area contributed by atoms with Gasteiger partial charge in [0.25, 0.3) is 0 Å². The normalized spacial score (nSPS) is 10.8. The van der Waals surface area contributed by atoms with Gasteiger partial charge in [0.1, 0.15) is 6.33 Å². The SMILES string of the molecule is CC(=O)Nc1nonc1-c1nnc(SCC(=O)Nc2ccc(-n3cnnn3)cc2)n1C. The highest BCUT2D eigenvalue weighted by Crippen LogP contribution is 2.26. The minimum Gasteiger partial charge on any atom is -0.325 e. The number of hydrogen-bond donors (Lipinski definition) is 2. The molecule has 15 heteroatoms. The molecule has 0 saturated carbocycles. The van der Waals surface area contributed by atoms with Crippen LogP contribution in [-0.2, 0) is 16.6 Å². The van der Waals surface area contributed by atoms with Crippen molar-refractivity contribution in [1.82, 2.24) is 45.3 Å². The molecule has 4 aromatic rings. The predicted octanol–water partition coefficient (Wildman–Crippen LogP) is 0.530. The molecule has 1 aromatic carbocycles. The Bertz CT molecular complexity index is 1200. The maximum atomic E-state index is 12.3. The van der Waals surface area contributed by atoms with Crippen molar-refractivity contribution >= 4 is 35.1 Å². The summed E-state index contributed by atoms with van der Waals surface area (Å²) in [5.41, 5.74) is 1.64. The largest absolute Gasteiger partial charge is 0.325 e. The fourth-order valence-electron chi connectivity index (χ4n) is 2.54. The van der Waals surface area contributed by atoms with E-state index in [-0.39, 0.29) is 29.1 Å². The van der Waals surface area contributed by atoms with E-state index in [4.69, 9.17) is 0 Å². The second-order valence-electron chi connectivity index (χ2n) is 6.15. The zero-order valence-electron chi connectivity index (χ0n) is 16.3. The molecule has 0 atom stereocenters. The summed E-state index contributed by atoms with van der Waals surface area (Å²) in [5, 5.41) is 32.3. The van der Waals surface area contributed by atoms with E-state index in [1.807, 2.05) is 0 Å². The van der Waals surface area contributed by atoms with E-state index in [1.165, 1.54) is 29.7 Å². The number of carbonyl (C=O) groups excluding carboxylic acids is 2. The molecule has 0 aliphatic rings. The number of tetrazole rings is 1. The Balaban J connectivity index is 1.37. The molecule has 0 radical (unpaired) electrons. The predicted molar refractivity (Wildman–Crippen MR) is 107 cm³/mol. The summed E-state index contributed by atoms with van der Waals surface area (Å²) in [7, 11) is 1.71. The Labute approximate surface area is 178 Å². The number of anilines is 2. The lowest BCUT2D eigenvalue weighted by Crippen LogP contribution is -2.14. The van der Waals surface area contributed by atoms with Crippen LogP contribution in [0.15, 0.2) is 40.4 Å². The lowest BCUT2D eigenvalue weighted by atomic mass is 10.3. The molecule has 14 nitrogen and oxygen atoms in total. The molecule has 31 heavy (non-hydrogen) atoms. The summed E-state index contributed by atoms with van der Waals surface area (Å²) in [6, 6.07) is 7.07. The first-order valence-corrected chi connectivity index (χ1v) is 9.76. The summed E-state index contributed by atoms with van der Waals surface area (Å²) in [5.74, 6) is 0.0488. The van der Waals surface area contributed by atoms with Crippen molar-refractivity contribution in [1.29, 1.82) is 0 Å². The van der Waals surface area contributed by atoms with E-state index in [0.29, 0.717) is 16.7 Å². The van der Waals surface area contributed by atoms with Crippen molar-refractivity contribution in [3.05, 3.63) is 30.6 Å². The summed E-state index contributed by atoms with van der Waals surface area (Å²) >= 11 is 1.19. The van der Waals surface area contributed by atoms with Crippen LogP contribution >= 0.6 is 11.8 Å². The molecule has 0 aliphatic heterocycles. The van der Waals surface area contributed by atoms with Crippen LogP contribution in [-0.4, -0.2) is 62.9 Å². The van der Waals surface area contributed by atoms with E-state index in [0.717, 1.165) is 5.69 Å². The standard InChI is InChI=1S/C16H15N11O3S/c1-9(28)18-14-13(22-30-23-14)15-20-21-16(26(15)2)31-7-12(29)19-10-3-5-11(6-4-10)27-8-17-24-25-27/h3-6,8H,7H2,1-2H3,(H,19,29)(H,18,23,28). The average Bonchev–Trinajstić information content (AvgIpc) is 3.49. The number of hydrogen-bond acceptors (Lipinski definition) is 11. The average molecular weight is 441 g/mol. The Morgan fingerprint density at radius 3 is 2.65 bits per heavy atom. The van der Waals surface area contributed by atoms with Gasteiger partial charge in [0.05, 0.1) is 11.4 Å². The second-order valence-corrected chi connectivity index (χ2v) is 7.09. The Morgan fingerprint density at radius 2 is 1.94 bits per heavy atom. The van der Waals surface area contributed by atoms with Gasteiger partial charge in [-0.15, -0.1) is 15.3 Å². The topological polar surface area (TPSA) is 171 Å². The molecule has 4 rings (SSSR count). The number of nitrogens with zero attached hydrogens (tertiary/aromatic N) is 9. The lowest BCUT2D eigenvalue weighted by molar-refractivity contribution is -0.114. The monoisotopic (exact) mass is 441 g/mol. The third-order valence-corrected chi connectivity index (χ3v) is 4.95. The van der Waals surface area contributed by atoms with Gasteiger partial charge in [0.15, 0.2) is 16.7 Å². The first-order valence-electron chi connectivity index (χ1n) is 8.77. The minimum atomic E-state index is -0.323. The highest BCUT2D eigenvalue weighted by Gasteiger charge is 2.21. The third kappa shape index (κ3) is 4.55. The van der Waals surface area contributed by atoms with Crippen molar-refractivity contribution in [3.8, 4) is 17.2 Å². The van der Waals surface area contributed by atoms with Gasteiger partial charge >= 0.3 is 0 Å². The molecule has 0 saturated heterocycles. The van der Waals surface area contributed by atoms with Gasteiger partial charge in [-0.25, -0.2) is 9.31 Å². The highest BCUT2D eigenvalue weighted by molar-refractivity contribution is 7.99. The van der Waals surface area contributed by atoms with Crippen molar-refractivity contribution in [2.24, 2.45) is 7.05 Å². The van der Waals surface area contributed by atoms with Gasteiger partial charge in [-0.2, -0.15) is 0 Å². The molecule has 2 N–H and O–H groups in total. The number of benzene rings is 1. The van der Waals surface area contributed by atoms with Gasteiger partial charge in [0.2, 0.25) is 17.6 Å². The molecule has 2 amide bonds. The van der Waals surface area contributed by atoms with Gasteiger partial charge in [-0.3, -0.25) is 9.59 Å². The zero-order chi connectivity index (χ0) is 21.8. The maximum absolute atomic E-state index is 12.3. The van der Waals surface area contributed by atoms with Crippen LogP contribution < -0.4 is 10.6 Å². The number of carbonyl (C=O) groups is 2. The molecule has 0 spiro atoms. The Morgan fingerprint density at radius 1 is 1.13 bits per heavy atom. The van der Waals surface area contributed by atoms with Crippen LogP contribution in [0, 0.1) is 0 Å². The van der Waals surface area contributed by atoms with Crippen LogP contribution in [0.1, 0.15) is 6.92 Å². The molecule has 0 unspecified atom stereocenters. The number of thioether (sulfide) groups is 1. The number of aromatic nitrogens is 9. The zero-order valence-corrected chi connectivity index (χ0v) is 17.1. The molecule has 0 bridgehead atoms. The molecule has 0 fully saturated rings. The quantitative estimate of drug-likeness (QED) is 0.383. The highest BCUT2D eigenvalue weighted by atomic mass is 32.2. The van der Waals surface area contributed by atoms with Crippen LogP contribution in [0.3, 0.4) is 0 Å². The van der Waals surface area contributed by atoms with Crippen molar-refractivity contribution < 1.29 is 14.2 Å². The van der Waals surface area contributed by atoms with Gasteiger partial charge in [-0.1, -0.05) is 11.8 Å². The smallest absolute Gasteiger partial charge is 0.234 e. The number of amides is 2. The molecular weight excluding hydrogens is 426 g/mol. The molecule has 3 heterocycles. The maximum Gasteiger partial charge on any atom is 0.234 e. The molecule has 0 aliphatic carbocycles.